The molecule has 46 heavy (non-hydrogen) atoms. The molecular weight excluding hydrogens is 611 g/mol. The van der Waals surface area contributed by atoms with Crippen LogP contribution < -0.4 is 5.32 Å². The van der Waals surface area contributed by atoms with Gasteiger partial charge in [0, 0.05) is 11.5 Å². The molecule has 0 aromatic heterocycles. The minimum absolute atomic E-state index is 0.0451. The van der Waals surface area contributed by atoms with Gasteiger partial charge in [0.15, 0.2) is 0 Å². The molecule has 0 bridgehead atoms. The first-order chi connectivity index (χ1) is 22.6. The minimum atomic E-state index is -0.144. The third-order valence-electron chi connectivity index (χ3n) is 8.07. The van der Waals surface area contributed by atoms with Gasteiger partial charge in [0.2, 0.25) is 0 Å². The molecular formula is C39H73NO4S2. The fourth-order valence-electron chi connectivity index (χ4n) is 5.19. The number of carbonyl (C=O) groups is 2. The molecule has 0 aliphatic rings. The summed E-state index contributed by atoms with van der Waals surface area (Å²) in [6, 6.07) is 0. The second kappa shape index (κ2) is 38.5. The normalized spacial score (nSPS) is 12.3. The number of carbonyl (C=O) groups excluding carboxylic acids is 2. The number of esters is 2. The van der Waals surface area contributed by atoms with Crippen LogP contribution in [-0.4, -0.2) is 49.7 Å². The van der Waals surface area contributed by atoms with Crippen molar-refractivity contribution in [2.45, 2.75) is 180 Å². The molecule has 0 aliphatic heterocycles. The van der Waals surface area contributed by atoms with Gasteiger partial charge < -0.3 is 14.8 Å². The summed E-state index contributed by atoms with van der Waals surface area (Å²) in [5.74, 6) is 1.19. The van der Waals surface area contributed by atoms with Crippen LogP contribution in [-0.2, 0) is 19.1 Å². The predicted molar refractivity (Wildman–Crippen MR) is 205 cm³/mol. The van der Waals surface area contributed by atoms with Crippen molar-refractivity contribution in [3.05, 3.63) is 24.3 Å². The Labute approximate surface area is 293 Å². The number of ether oxygens (including phenoxy) is 2. The fraction of sp³-hybridized carbons (Fsp3) is 0.846. The molecule has 0 aliphatic carbocycles. The first-order valence-electron chi connectivity index (χ1n) is 19.2. The van der Waals surface area contributed by atoms with E-state index in [-0.39, 0.29) is 18.0 Å². The number of hydrogen-bond donors (Lipinski definition) is 1. The summed E-state index contributed by atoms with van der Waals surface area (Å²) in [6.45, 7) is 5.83. The zero-order chi connectivity index (χ0) is 33.6. The second-order valence-electron chi connectivity index (χ2n) is 12.6. The van der Waals surface area contributed by atoms with E-state index >= 15 is 0 Å². The van der Waals surface area contributed by atoms with Crippen molar-refractivity contribution in [1.29, 1.82) is 0 Å². The summed E-state index contributed by atoms with van der Waals surface area (Å²) in [5.41, 5.74) is 0. The molecule has 0 rings (SSSR count). The van der Waals surface area contributed by atoms with Crippen LogP contribution in [0.3, 0.4) is 0 Å². The van der Waals surface area contributed by atoms with E-state index in [2.05, 4.69) is 43.5 Å². The summed E-state index contributed by atoms with van der Waals surface area (Å²) in [7, 11) is 5.16. The van der Waals surface area contributed by atoms with Crippen LogP contribution in [0.25, 0.3) is 0 Å². The van der Waals surface area contributed by atoms with Crippen LogP contribution in [0.5, 0.6) is 0 Å². The summed E-state index contributed by atoms with van der Waals surface area (Å²) in [5, 5.41) is 3.04. The van der Waals surface area contributed by atoms with E-state index in [0.29, 0.717) is 31.0 Å². The fourth-order valence-corrected chi connectivity index (χ4v) is 7.14. The molecule has 1 N–H and O–H groups in total. The van der Waals surface area contributed by atoms with Crippen molar-refractivity contribution in [2.24, 2.45) is 0 Å². The number of unbranched alkanes of at least 4 members (excludes halogenated alkanes) is 16. The lowest BCUT2D eigenvalue weighted by molar-refractivity contribution is -0.149. The topological polar surface area (TPSA) is 64.6 Å². The number of hydrogen-bond acceptors (Lipinski definition) is 7. The highest BCUT2D eigenvalue weighted by molar-refractivity contribution is 8.76. The van der Waals surface area contributed by atoms with Crippen LogP contribution >= 0.6 is 21.6 Å². The van der Waals surface area contributed by atoms with Crippen LogP contribution in [0.1, 0.15) is 174 Å². The van der Waals surface area contributed by atoms with Gasteiger partial charge in [-0.1, -0.05) is 130 Å². The number of rotatable bonds is 36. The number of allylic oxidation sites excluding steroid dienone is 4. The second-order valence-corrected chi connectivity index (χ2v) is 15.3. The Morgan fingerprint density at radius 3 is 1.61 bits per heavy atom. The van der Waals surface area contributed by atoms with Crippen LogP contribution in [0.2, 0.25) is 0 Å². The molecule has 5 nitrogen and oxygen atoms in total. The van der Waals surface area contributed by atoms with Crippen molar-refractivity contribution < 1.29 is 19.1 Å². The molecule has 0 radical (unpaired) electrons. The van der Waals surface area contributed by atoms with E-state index in [4.69, 9.17) is 9.47 Å². The maximum atomic E-state index is 12.6. The average molecular weight is 684 g/mol. The van der Waals surface area contributed by atoms with Crippen molar-refractivity contribution in [1.82, 2.24) is 5.32 Å². The monoisotopic (exact) mass is 683 g/mol. The molecule has 0 saturated heterocycles. The quantitative estimate of drug-likeness (QED) is 0.0305. The van der Waals surface area contributed by atoms with Gasteiger partial charge in [0.25, 0.3) is 0 Å². The largest absolute Gasteiger partial charge is 0.466 e. The standard InChI is InChI=1S/C39H73NO4S2/c1-4-6-8-10-12-14-15-16-17-18-19-20-21-23-25-27-30-37(29-26-24-22-13-11-9-7-5-2)44-39(42)32-36-46-45-35-31-38(41)43-34-28-33-40-3/h11,13,16-17,37,40H,4-10,12,14-15,18-36H2,1-3H3/b13-11-,17-16-. The lowest BCUT2D eigenvalue weighted by Crippen LogP contribution is -2.18. The maximum Gasteiger partial charge on any atom is 0.306 e. The molecule has 1 atom stereocenters. The Bertz CT molecular complexity index is 716. The van der Waals surface area contributed by atoms with E-state index in [1.165, 1.54) is 103 Å². The lowest BCUT2D eigenvalue weighted by atomic mass is 10.0. The minimum Gasteiger partial charge on any atom is -0.466 e. The van der Waals surface area contributed by atoms with Crippen LogP contribution in [0.15, 0.2) is 24.3 Å². The molecule has 0 aromatic carbocycles. The molecule has 0 spiro atoms. The summed E-state index contributed by atoms with van der Waals surface area (Å²) in [4.78, 5) is 24.4. The third-order valence-corrected chi connectivity index (χ3v) is 10.5. The van der Waals surface area contributed by atoms with Gasteiger partial charge in [-0.3, -0.25) is 9.59 Å². The Balaban J connectivity index is 4.11. The Kier molecular flexibility index (Phi) is 37.8. The molecule has 0 aromatic rings. The van der Waals surface area contributed by atoms with Crippen molar-refractivity contribution in [3.8, 4) is 0 Å². The smallest absolute Gasteiger partial charge is 0.306 e. The zero-order valence-corrected chi connectivity index (χ0v) is 32.0. The Hall–Kier alpha value is -0.920. The van der Waals surface area contributed by atoms with E-state index in [1.54, 1.807) is 21.6 Å². The lowest BCUT2D eigenvalue weighted by Gasteiger charge is -2.18. The van der Waals surface area contributed by atoms with Gasteiger partial charge in [-0.25, -0.2) is 0 Å². The van der Waals surface area contributed by atoms with Crippen molar-refractivity contribution >= 4 is 33.5 Å². The van der Waals surface area contributed by atoms with Gasteiger partial charge in [0.05, 0.1) is 19.4 Å². The third kappa shape index (κ3) is 35.9. The molecule has 7 heteroatoms. The molecule has 270 valence electrons. The highest BCUT2D eigenvalue weighted by Gasteiger charge is 2.14. The summed E-state index contributed by atoms with van der Waals surface area (Å²) >= 11 is 0. The first-order valence-corrected chi connectivity index (χ1v) is 21.7. The molecule has 0 fully saturated rings. The molecule has 0 amide bonds. The van der Waals surface area contributed by atoms with Crippen LogP contribution in [0, 0.1) is 0 Å². The molecule has 1 unspecified atom stereocenters. The van der Waals surface area contributed by atoms with Crippen molar-refractivity contribution in [3.63, 3.8) is 0 Å². The van der Waals surface area contributed by atoms with E-state index < -0.39 is 0 Å². The van der Waals surface area contributed by atoms with Gasteiger partial charge in [-0.2, -0.15) is 0 Å². The maximum absolute atomic E-state index is 12.6. The summed E-state index contributed by atoms with van der Waals surface area (Å²) in [6.07, 6.45) is 38.5. The van der Waals surface area contributed by atoms with Gasteiger partial charge in [0.1, 0.15) is 6.10 Å². The average Bonchev–Trinajstić information content (AvgIpc) is 3.05. The zero-order valence-electron chi connectivity index (χ0n) is 30.3. The van der Waals surface area contributed by atoms with Gasteiger partial charge in [-0.15, -0.1) is 0 Å². The Morgan fingerprint density at radius 2 is 1.04 bits per heavy atom. The van der Waals surface area contributed by atoms with Crippen LogP contribution in [0.4, 0.5) is 0 Å². The highest BCUT2D eigenvalue weighted by Crippen LogP contribution is 2.24. The van der Waals surface area contributed by atoms with Gasteiger partial charge in [-0.05, 0) is 90.6 Å². The highest BCUT2D eigenvalue weighted by atomic mass is 33.1. The predicted octanol–water partition coefficient (Wildman–Crippen LogP) is 11.9. The van der Waals surface area contributed by atoms with E-state index in [1.807, 2.05) is 7.05 Å². The molecule has 0 heterocycles. The SMILES string of the molecule is CCCC/C=C\CCCCC(CCCCCCCC/C=C\CCCCCCCC)OC(=O)CCSSCCC(=O)OCCCNC. The van der Waals surface area contributed by atoms with Crippen molar-refractivity contribution in [2.75, 3.05) is 31.7 Å². The van der Waals surface area contributed by atoms with Gasteiger partial charge >= 0.3 is 11.9 Å². The molecule has 0 saturated carbocycles. The summed E-state index contributed by atoms with van der Waals surface area (Å²) < 4.78 is 11.2. The van der Waals surface area contributed by atoms with E-state index in [9.17, 15) is 9.59 Å². The number of nitrogens with one attached hydrogen (secondary N) is 1. The van der Waals surface area contributed by atoms with E-state index in [0.717, 1.165) is 51.5 Å². The first kappa shape index (κ1) is 45.1. The Morgan fingerprint density at radius 1 is 0.587 bits per heavy atom.